The van der Waals surface area contributed by atoms with E-state index in [-0.39, 0.29) is 11.3 Å². The highest BCUT2D eigenvalue weighted by Crippen LogP contribution is 2.29. The van der Waals surface area contributed by atoms with Gasteiger partial charge in [0.25, 0.3) is 0 Å². The van der Waals surface area contributed by atoms with E-state index >= 15 is 0 Å². The Morgan fingerprint density at radius 3 is 2.48 bits per heavy atom. The number of halogens is 1. The number of likely N-dealkylation sites (tertiary alicyclic amines) is 1. The number of rotatable bonds is 6. The van der Waals surface area contributed by atoms with Crippen molar-refractivity contribution in [2.45, 2.75) is 65.5 Å². The molecule has 0 bridgehead atoms. The largest absolute Gasteiger partial charge is 0.297 e. The molecule has 0 saturated carbocycles. The van der Waals surface area contributed by atoms with Crippen LogP contribution in [0.4, 0.5) is 0 Å². The maximum atomic E-state index is 12.9. The number of hydrogen-bond donors (Lipinski definition) is 0. The minimum Gasteiger partial charge on any atom is -0.297 e. The van der Waals surface area contributed by atoms with Gasteiger partial charge in [-0.25, -0.2) is 0 Å². The fourth-order valence-corrected chi connectivity index (χ4v) is 3.39. The SMILES string of the molecule is CCn1nc(C)c(Cl)c1CC(=O)C(C)(CC)N1CCCC1. The van der Waals surface area contributed by atoms with E-state index < -0.39 is 0 Å². The molecule has 0 radical (unpaired) electrons. The summed E-state index contributed by atoms with van der Waals surface area (Å²) in [6, 6.07) is 0. The van der Waals surface area contributed by atoms with Gasteiger partial charge in [0.1, 0.15) is 0 Å². The Kier molecular flexibility index (Phi) is 5.10. The van der Waals surface area contributed by atoms with Gasteiger partial charge in [0.2, 0.25) is 0 Å². The van der Waals surface area contributed by atoms with Crippen LogP contribution in [0, 0.1) is 6.92 Å². The maximum absolute atomic E-state index is 12.9. The topological polar surface area (TPSA) is 38.1 Å². The Labute approximate surface area is 132 Å². The van der Waals surface area contributed by atoms with Gasteiger partial charge in [-0.05, 0) is 53.1 Å². The first-order chi connectivity index (χ1) is 9.93. The van der Waals surface area contributed by atoms with Crippen LogP contribution >= 0.6 is 11.6 Å². The fourth-order valence-electron chi connectivity index (χ4n) is 3.19. The predicted molar refractivity (Wildman–Crippen MR) is 85.9 cm³/mol. The van der Waals surface area contributed by atoms with E-state index in [1.165, 1.54) is 12.8 Å². The third-order valence-electron chi connectivity index (χ3n) is 4.87. The zero-order valence-corrected chi connectivity index (χ0v) is 14.3. The summed E-state index contributed by atoms with van der Waals surface area (Å²) in [5.41, 5.74) is 1.29. The number of aromatic nitrogens is 2. The Morgan fingerprint density at radius 1 is 1.33 bits per heavy atom. The molecule has 2 heterocycles. The third kappa shape index (κ3) is 3.02. The lowest BCUT2D eigenvalue weighted by Gasteiger charge is -2.36. The average Bonchev–Trinajstić information content (AvgIpc) is 3.10. The molecule has 4 nitrogen and oxygen atoms in total. The molecule has 1 unspecified atom stereocenters. The Morgan fingerprint density at radius 2 is 1.95 bits per heavy atom. The highest BCUT2D eigenvalue weighted by atomic mass is 35.5. The number of aryl methyl sites for hydroxylation is 2. The van der Waals surface area contributed by atoms with Crippen LogP contribution in [0.5, 0.6) is 0 Å². The van der Waals surface area contributed by atoms with Gasteiger partial charge >= 0.3 is 0 Å². The maximum Gasteiger partial charge on any atom is 0.158 e. The summed E-state index contributed by atoms with van der Waals surface area (Å²) in [5.74, 6) is 0.253. The molecule has 1 aromatic rings. The summed E-state index contributed by atoms with van der Waals surface area (Å²) < 4.78 is 1.86. The minimum absolute atomic E-state index is 0.253. The highest BCUT2D eigenvalue weighted by molar-refractivity contribution is 6.32. The van der Waals surface area contributed by atoms with Crippen molar-refractivity contribution in [3.8, 4) is 0 Å². The van der Waals surface area contributed by atoms with Gasteiger partial charge in [0.15, 0.2) is 5.78 Å². The molecule has 5 heteroatoms. The molecule has 2 rings (SSSR count). The Hall–Kier alpha value is -0.870. The van der Waals surface area contributed by atoms with Gasteiger partial charge in [-0.2, -0.15) is 5.10 Å². The summed E-state index contributed by atoms with van der Waals surface area (Å²) in [7, 11) is 0. The number of carbonyl (C=O) groups excluding carboxylic acids is 1. The lowest BCUT2D eigenvalue weighted by molar-refractivity contribution is -0.129. The third-order valence-corrected chi connectivity index (χ3v) is 5.37. The van der Waals surface area contributed by atoms with Crippen LogP contribution in [0.1, 0.15) is 51.4 Å². The molecule has 118 valence electrons. The van der Waals surface area contributed by atoms with Crippen LogP contribution in [-0.2, 0) is 17.8 Å². The molecule has 0 spiro atoms. The van der Waals surface area contributed by atoms with Crippen molar-refractivity contribution in [2.75, 3.05) is 13.1 Å². The van der Waals surface area contributed by atoms with Crippen LogP contribution in [0.25, 0.3) is 0 Å². The molecule has 0 amide bonds. The first kappa shape index (κ1) is 16.5. The fraction of sp³-hybridized carbons (Fsp3) is 0.750. The van der Waals surface area contributed by atoms with Crippen molar-refractivity contribution in [1.82, 2.24) is 14.7 Å². The van der Waals surface area contributed by atoms with E-state index in [0.717, 1.165) is 37.4 Å². The smallest absolute Gasteiger partial charge is 0.158 e. The summed E-state index contributed by atoms with van der Waals surface area (Å²) >= 11 is 6.34. The highest BCUT2D eigenvalue weighted by Gasteiger charge is 2.39. The zero-order valence-electron chi connectivity index (χ0n) is 13.6. The van der Waals surface area contributed by atoms with Crippen LogP contribution in [0.3, 0.4) is 0 Å². The lowest BCUT2D eigenvalue weighted by atomic mass is 9.88. The van der Waals surface area contributed by atoms with Gasteiger partial charge in [-0.3, -0.25) is 14.4 Å². The Bertz CT molecular complexity index is 520. The second kappa shape index (κ2) is 6.49. The molecule has 1 fully saturated rings. The van der Waals surface area contributed by atoms with Crippen molar-refractivity contribution >= 4 is 17.4 Å². The molecule has 1 aliphatic rings. The molecule has 0 aliphatic carbocycles. The van der Waals surface area contributed by atoms with E-state index in [4.69, 9.17) is 11.6 Å². The number of Topliss-reactive ketones (excluding diaryl/α,β-unsaturated/α-hetero) is 1. The molecule has 0 N–H and O–H groups in total. The van der Waals surface area contributed by atoms with Gasteiger partial charge in [0.05, 0.1) is 28.4 Å². The lowest BCUT2D eigenvalue weighted by Crippen LogP contribution is -2.51. The van der Waals surface area contributed by atoms with E-state index in [0.29, 0.717) is 11.4 Å². The summed E-state index contributed by atoms with van der Waals surface area (Å²) in [6.45, 7) is 10.9. The van der Waals surface area contributed by atoms with Gasteiger partial charge in [-0.15, -0.1) is 0 Å². The monoisotopic (exact) mass is 311 g/mol. The Balaban J connectivity index is 2.23. The molecule has 1 atom stereocenters. The normalized spacial score (nSPS) is 18.9. The number of hydrogen-bond acceptors (Lipinski definition) is 3. The standard InChI is InChI=1S/C16H26ClN3O/c1-5-16(4,19-9-7-8-10-19)14(21)11-13-15(17)12(3)18-20(13)6-2/h5-11H2,1-4H3. The molecule has 0 aromatic carbocycles. The summed E-state index contributed by atoms with van der Waals surface area (Å²) in [4.78, 5) is 15.3. The van der Waals surface area contributed by atoms with Crippen molar-refractivity contribution in [2.24, 2.45) is 0 Å². The molecule has 1 aromatic heterocycles. The van der Waals surface area contributed by atoms with Gasteiger partial charge < -0.3 is 0 Å². The van der Waals surface area contributed by atoms with E-state index in [9.17, 15) is 4.79 Å². The summed E-state index contributed by atoms with van der Waals surface area (Å²) in [5, 5.41) is 5.05. The summed E-state index contributed by atoms with van der Waals surface area (Å²) in [6.07, 6.45) is 3.59. The van der Waals surface area contributed by atoms with Gasteiger partial charge in [-0.1, -0.05) is 18.5 Å². The molecular weight excluding hydrogens is 286 g/mol. The number of ketones is 1. The minimum atomic E-state index is -0.378. The average molecular weight is 312 g/mol. The molecule has 21 heavy (non-hydrogen) atoms. The molecule has 1 saturated heterocycles. The first-order valence-electron chi connectivity index (χ1n) is 7.94. The van der Waals surface area contributed by atoms with Crippen LogP contribution in [-0.4, -0.2) is 39.1 Å². The zero-order chi connectivity index (χ0) is 15.6. The van der Waals surface area contributed by atoms with E-state index in [2.05, 4.69) is 23.8 Å². The quantitative estimate of drug-likeness (QED) is 0.809. The van der Waals surface area contributed by atoms with Crippen LogP contribution in [0.2, 0.25) is 5.02 Å². The van der Waals surface area contributed by atoms with Gasteiger partial charge in [0, 0.05) is 6.54 Å². The van der Waals surface area contributed by atoms with E-state index in [1.807, 2.05) is 18.5 Å². The number of carbonyl (C=O) groups is 1. The van der Waals surface area contributed by atoms with Crippen molar-refractivity contribution in [1.29, 1.82) is 0 Å². The van der Waals surface area contributed by atoms with Crippen molar-refractivity contribution in [3.63, 3.8) is 0 Å². The molecule has 1 aliphatic heterocycles. The molecular formula is C16H26ClN3O. The van der Waals surface area contributed by atoms with Crippen LogP contribution < -0.4 is 0 Å². The second-order valence-electron chi connectivity index (χ2n) is 6.08. The predicted octanol–water partition coefficient (Wildman–Crippen LogP) is 3.24. The van der Waals surface area contributed by atoms with Crippen molar-refractivity contribution < 1.29 is 4.79 Å². The van der Waals surface area contributed by atoms with Crippen molar-refractivity contribution in [3.05, 3.63) is 16.4 Å². The van der Waals surface area contributed by atoms with E-state index in [1.54, 1.807) is 0 Å². The number of nitrogens with zero attached hydrogens (tertiary/aromatic N) is 3. The second-order valence-corrected chi connectivity index (χ2v) is 6.46. The first-order valence-corrected chi connectivity index (χ1v) is 8.32. The van der Waals surface area contributed by atoms with Crippen LogP contribution in [0.15, 0.2) is 0 Å².